The zero-order chi connectivity index (χ0) is 23.9. The molecule has 184 valence electrons. The van der Waals surface area contributed by atoms with Crippen LogP contribution in [-0.2, 0) is 9.53 Å². The highest BCUT2D eigenvalue weighted by Crippen LogP contribution is 2.45. The van der Waals surface area contributed by atoms with Crippen LogP contribution in [-0.4, -0.2) is 61.4 Å². The predicted molar refractivity (Wildman–Crippen MR) is 138 cm³/mol. The Bertz CT molecular complexity index is 1230. The maximum absolute atomic E-state index is 11.6. The predicted octanol–water partition coefficient (Wildman–Crippen LogP) is 3.83. The van der Waals surface area contributed by atoms with Crippen molar-refractivity contribution in [3.05, 3.63) is 29.6 Å². The minimum atomic E-state index is -0.237. The van der Waals surface area contributed by atoms with Gasteiger partial charge in [-0.25, -0.2) is 4.98 Å². The molecular formula is C26H31N5O3S. The molecule has 3 saturated heterocycles. The first kappa shape index (κ1) is 22.5. The number of thiophene rings is 1. The fourth-order valence-corrected chi connectivity index (χ4v) is 6.91. The maximum Gasteiger partial charge on any atom is 0.228 e. The maximum atomic E-state index is 11.6. The molecule has 2 aromatic heterocycles. The number of para-hydroxylation sites is 1. The summed E-state index contributed by atoms with van der Waals surface area (Å²) in [5.74, 6) is 2.60. The van der Waals surface area contributed by atoms with Crippen molar-refractivity contribution in [3.63, 3.8) is 0 Å². The molecule has 3 fully saturated rings. The van der Waals surface area contributed by atoms with E-state index >= 15 is 0 Å². The van der Waals surface area contributed by atoms with Gasteiger partial charge in [0.1, 0.15) is 16.4 Å². The molecule has 8 nitrogen and oxygen atoms in total. The van der Waals surface area contributed by atoms with E-state index in [1.807, 2.05) is 18.2 Å². The van der Waals surface area contributed by atoms with Crippen LogP contribution < -0.4 is 20.3 Å². The third kappa shape index (κ3) is 4.10. The van der Waals surface area contributed by atoms with Crippen LogP contribution in [0.3, 0.4) is 0 Å². The number of hydrogen-bond acceptors (Lipinski definition) is 8. The van der Waals surface area contributed by atoms with Crippen molar-refractivity contribution < 1.29 is 14.3 Å². The number of methoxy groups -OCH3 is 1. The monoisotopic (exact) mass is 493 g/mol. The summed E-state index contributed by atoms with van der Waals surface area (Å²) in [7, 11) is 1.71. The summed E-state index contributed by atoms with van der Waals surface area (Å²) in [5.41, 5.74) is 7.67. The van der Waals surface area contributed by atoms with E-state index < -0.39 is 0 Å². The van der Waals surface area contributed by atoms with Crippen molar-refractivity contribution in [1.29, 1.82) is 0 Å². The van der Waals surface area contributed by atoms with Gasteiger partial charge in [0.15, 0.2) is 0 Å². The molecule has 0 aliphatic carbocycles. The lowest BCUT2D eigenvalue weighted by atomic mass is 9.95. The van der Waals surface area contributed by atoms with Crippen molar-refractivity contribution in [1.82, 2.24) is 9.97 Å². The molecule has 5 heterocycles. The number of amides is 1. The van der Waals surface area contributed by atoms with Gasteiger partial charge < -0.3 is 25.0 Å². The Balaban J connectivity index is 1.48. The SMILES string of the molecule is COc1ccccc1-c1csc2nc(N3CCCC(CC(N)=O)C3)nc(N3C4CCC3COC4)c12. The van der Waals surface area contributed by atoms with Crippen molar-refractivity contribution in [2.24, 2.45) is 11.7 Å². The van der Waals surface area contributed by atoms with Crippen LogP contribution >= 0.6 is 11.3 Å². The number of rotatable bonds is 6. The molecule has 6 rings (SSSR count). The van der Waals surface area contributed by atoms with Gasteiger partial charge in [-0.05, 0) is 37.7 Å². The number of benzene rings is 1. The average Bonchev–Trinajstić information content (AvgIpc) is 3.40. The largest absolute Gasteiger partial charge is 0.496 e. The minimum Gasteiger partial charge on any atom is -0.496 e. The van der Waals surface area contributed by atoms with Gasteiger partial charge in [0.25, 0.3) is 0 Å². The molecule has 2 bridgehead atoms. The number of piperidine rings is 1. The second-order valence-electron chi connectivity index (χ2n) is 9.83. The van der Waals surface area contributed by atoms with E-state index in [-0.39, 0.29) is 11.8 Å². The highest BCUT2D eigenvalue weighted by molar-refractivity contribution is 7.17. The van der Waals surface area contributed by atoms with Crippen molar-refractivity contribution in [2.75, 3.05) is 43.2 Å². The summed E-state index contributed by atoms with van der Waals surface area (Å²) < 4.78 is 11.6. The highest BCUT2D eigenvalue weighted by Gasteiger charge is 2.40. The molecule has 3 aromatic rings. The third-order valence-electron chi connectivity index (χ3n) is 7.58. The molecule has 2 N–H and O–H groups in total. The quantitative estimate of drug-likeness (QED) is 0.558. The summed E-state index contributed by atoms with van der Waals surface area (Å²) in [6, 6.07) is 8.79. The lowest BCUT2D eigenvalue weighted by Gasteiger charge is -2.37. The standard InChI is InChI=1S/C26H31N5O3S/c1-33-21-7-3-2-6-19(21)20-15-35-25-23(20)24(31-17-8-9-18(31)14-34-13-17)28-26(29-25)30-10-4-5-16(12-30)11-22(27)32/h2-3,6-7,15-18H,4-5,8-14H2,1H3,(H2,27,32). The van der Waals surface area contributed by atoms with Gasteiger partial charge >= 0.3 is 0 Å². The van der Waals surface area contributed by atoms with Crippen molar-refractivity contribution in [2.45, 2.75) is 44.2 Å². The van der Waals surface area contributed by atoms with E-state index in [9.17, 15) is 4.79 Å². The molecule has 3 unspecified atom stereocenters. The fraction of sp³-hybridized carbons (Fsp3) is 0.500. The zero-order valence-corrected chi connectivity index (χ0v) is 20.8. The highest BCUT2D eigenvalue weighted by atomic mass is 32.1. The van der Waals surface area contributed by atoms with Crippen LogP contribution in [0, 0.1) is 5.92 Å². The average molecular weight is 494 g/mol. The molecule has 0 saturated carbocycles. The molecule has 35 heavy (non-hydrogen) atoms. The van der Waals surface area contributed by atoms with Crippen LogP contribution in [0.1, 0.15) is 32.1 Å². The number of hydrogen-bond donors (Lipinski definition) is 1. The number of carbonyl (C=O) groups excluding carboxylic acids is 1. The van der Waals surface area contributed by atoms with Crippen molar-refractivity contribution >= 4 is 39.2 Å². The first-order valence-electron chi connectivity index (χ1n) is 12.4. The summed E-state index contributed by atoms with van der Waals surface area (Å²) in [4.78, 5) is 27.6. The Hall–Kier alpha value is -2.91. The number of anilines is 2. The fourth-order valence-electron chi connectivity index (χ4n) is 5.98. The zero-order valence-electron chi connectivity index (χ0n) is 20.0. The minimum absolute atomic E-state index is 0.237. The number of carbonyl (C=O) groups is 1. The van der Waals surface area contributed by atoms with E-state index in [4.69, 9.17) is 25.2 Å². The van der Waals surface area contributed by atoms with E-state index in [2.05, 4.69) is 21.2 Å². The molecule has 9 heteroatoms. The van der Waals surface area contributed by atoms with E-state index in [1.165, 1.54) is 0 Å². The molecule has 0 spiro atoms. The van der Waals surface area contributed by atoms with Crippen LogP contribution in [0.25, 0.3) is 21.3 Å². The number of primary amides is 1. The van der Waals surface area contributed by atoms with Gasteiger partial charge in [0.2, 0.25) is 11.9 Å². The lowest BCUT2D eigenvalue weighted by Crippen LogP contribution is -2.46. The molecule has 1 aromatic carbocycles. The van der Waals surface area contributed by atoms with Gasteiger partial charge in [-0.2, -0.15) is 4.98 Å². The molecule has 3 aliphatic heterocycles. The van der Waals surface area contributed by atoms with Gasteiger partial charge in [-0.1, -0.05) is 18.2 Å². The Morgan fingerprint density at radius 3 is 2.74 bits per heavy atom. The first-order chi connectivity index (χ1) is 17.1. The number of morpholine rings is 1. The second kappa shape index (κ2) is 9.28. The molecule has 1 amide bonds. The van der Waals surface area contributed by atoms with Crippen LogP contribution in [0.4, 0.5) is 11.8 Å². The number of ether oxygens (including phenoxy) is 2. The smallest absolute Gasteiger partial charge is 0.228 e. The van der Waals surface area contributed by atoms with Gasteiger partial charge in [-0.3, -0.25) is 4.79 Å². The number of aromatic nitrogens is 2. The van der Waals surface area contributed by atoms with Gasteiger partial charge in [0.05, 0.1) is 37.8 Å². The summed E-state index contributed by atoms with van der Waals surface area (Å²) >= 11 is 1.65. The molecule has 3 atom stereocenters. The van der Waals surface area contributed by atoms with E-state index in [1.54, 1.807) is 18.4 Å². The number of fused-ring (bicyclic) bond motifs is 3. The summed E-state index contributed by atoms with van der Waals surface area (Å²) in [6.45, 7) is 3.11. The van der Waals surface area contributed by atoms with Crippen LogP contribution in [0.2, 0.25) is 0 Å². The molecule has 0 radical (unpaired) electrons. The summed E-state index contributed by atoms with van der Waals surface area (Å²) in [5, 5.41) is 3.27. The Labute approximate surface area is 209 Å². The van der Waals surface area contributed by atoms with Crippen LogP contribution in [0.15, 0.2) is 29.6 Å². The first-order valence-corrected chi connectivity index (χ1v) is 13.3. The van der Waals surface area contributed by atoms with E-state index in [0.717, 1.165) is 90.8 Å². The number of nitrogens with zero attached hydrogens (tertiary/aromatic N) is 4. The van der Waals surface area contributed by atoms with Crippen LogP contribution in [0.5, 0.6) is 5.75 Å². The van der Waals surface area contributed by atoms with Gasteiger partial charge in [-0.15, -0.1) is 11.3 Å². The van der Waals surface area contributed by atoms with Crippen molar-refractivity contribution in [3.8, 4) is 16.9 Å². The molecule has 3 aliphatic rings. The lowest BCUT2D eigenvalue weighted by molar-refractivity contribution is -0.118. The Kier molecular flexibility index (Phi) is 5.98. The number of nitrogens with two attached hydrogens (primary N) is 1. The van der Waals surface area contributed by atoms with Gasteiger partial charge in [0, 0.05) is 36.0 Å². The Morgan fingerprint density at radius 1 is 1.17 bits per heavy atom. The molecular weight excluding hydrogens is 462 g/mol. The summed E-state index contributed by atoms with van der Waals surface area (Å²) in [6.07, 6.45) is 4.66. The normalized spacial score (nSPS) is 24.2. The topological polar surface area (TPSA) is 93.8 Å². The second-order valence-corrected chi connectivity index (χ2v) is 10.7. The Morgan fingerprint density at radius 2 is 1.97 bits per heavy atom. The van der Waals surface area contributed by atoms with E-state index in [0.29, 0.717) is 18.5 Å². The third-order valence-corrected chi connectivity index (χ3v) is 8.45.